The highest BCUT2D eigenvalue weighted by Gasteiger charge is 2.46. The van der Waals surface area contributed by atoms with Crippen molar-refractivity contribution in [1.82, 2.24) is 4.90 Å². The lowest BCUT2D eigenvalue weighted by molar-refractivity contribution is -0.140. The summed E-state index contributed by atoms with van der Waals surface area (Å²) in [6.45, 7) is 0.979. The second-order valence-electron chi connectivity index (χ2n) is 6.88. The summed E-state index contributed by atoms with van der Waals surface area (Å²) in [4.78, 5) is 28.0. The number of hydrogen-bond acceptors (Lipinski definition) is 7. The molecule has 0 saturated carbocycles. The zero-order valence-corrected chi connectivity index (χ0v) is 16.6. The summed E-state index contributed by atoms with van der Waals surface area (Å²) in [6.07, 6.45) is 1.52. The Hall–Kier alpha value is -3.52. The van der Waals surface area contributed by atoms with Crippen LogP contribution in [0.4, 0.5) is 0 Å². The molecule has 3 aromatic rings. The average molecular weight is 423 g/mol. The van der Waals surface area contributed by atoms with Gasteiger partial charge in [-0.05, 0) is 41.8 Å². The lowest BCUT2D eigenvalue weighted by Gasteiger charge is -2.23. The summed E-state index contributed by atoms with van der Waals surface area (Å²) in [5.74, 6) is -0.0339. The third kappa shape index (κ3) is 3.05. The third-order valence-electron chi connectivity index (χ3n) is 5.07. The fourth-order valence-corrected chi connectivity index (χ4v) is 4.55. The van der Waals surface area contributed by atoms with Crippen LogP contribution in [0.5, 0.6) is 11.5 Å². The normalized spacial score (nSPS) is 20.0. The zero-order valence-electron chi connectivity index (χ0n) is 15.7. The van der Waals surface area contributed by atoms with Crippen LogP contribution in [0.1, 0.15) is 22.2 Å². The molecule has 5 rings (SSSR count). The quantitative estimate of drug-likeness (QED) is 0.391. The second-order valence-corrected chi connectivity index (χ2v) is 7.86. The Bertz CT molecular complexity index is 1130. The van der Waals surface area contributed by atoms with E-state index in [2.05, 4.69) is 0 Å². The van der Waals surface area contributed by atoms with Crippen LogP contribution in [0.25, 0.3) is 5.76 Å². The number of nitrogens with zero attached hydrogens (tertiary/aromatic N) is 1. The fourth-order valence-electron chi connectivity index (χ4n) is 3.70. The minimum Gasteiger partial charge on any atom is -0.507 e. The number of aliphatic hydroxyl groups is 1. The molecule has 0 spiro atoms. The Morgan fingerprint density at radius 2 is 1.93 bits per heavy atom. The summed E-state index contributed by atoms with van der Waals surface area (Å²) in [7, 11) is 0. The summed E-state index contributed by atoms with van der Waals surface area (Å²) < 4.78 is 16.5. The van der Waals surface area contributed by atoms with E-state index < -0.39 is 17.7 Å². The first kappa shape index (κ1) is 18.5. The Labute approximate surface area is 175 Å². The standard InChI is InChI=1S/C22H17NO6S/c24-20(13-5-6-15-16(11-13)29-9-8-28-15)18-19(17-4-2-10-30-17)23(22(26)21(18)25)12-14-3-1-7-27-14/h1-7,10-11,19,24H,8-9,12H2/t19-/m1/s1. The van der Waals surface area contributed by atoms with Gasteiger partial charge in [-0.25, -0.2) is 0 Å². The molecule has 1 N–H and O–H groups in total. The molecule has 0 unspecified atom stereocenters. The molecule has 1 aromatic carbocycles. The zero-order chi connectivity index (χ0) is 20.7. The van der Waals surface area contributed by atoms with Gasteiger partial charge < -0.3 is 23.9 Å². The van der Waals surface area contributed by atoms with E-state index in [9.17, 15) is 14.7 Å². The number of ketones is 1. The number of carbonyl (C=O) groups is 2. The molecule has 0 bridgehead atoms. The maximum atomic E-state index is 13.0. The number of fused-ring (bicyclic) bond motifs is 1. The van der Waals surface area contributed by atoms with Gasteiger partial charge in [0.1, 0.15) is 30.8 Å². The molecular formula is C22H17NO6S. The molecule has 1 saturated heterocycles. The van der Waals surface area contributed by atoms with Crippen molar-refractivity contribution in [2.45, 2.75) is 12.6 Å². The Morgan fingerprint density at radius 1 is 1.10 bits per heavy atom. The molecule has 2 aliphatic heterocycles. The van der Waals surface area contributed by atoms with Crippen LogP contribution in [0, 0.1) is 0 Å². The summed E-state index contributed by atoms with van der Waals surface area (Å²) >= 11 is 1.41. The monoisotopic (exact) mass is 423 g/mol. The molecule has 2 aromatic heterocycles. The number of ether oxygens (including phenoxy) is 2. The number of furan rings is 1. The van der Waals surface area contributed by atoms with Crippen LogP contribution in [0.2, 0.25) is 0 Å². The van der Waals surface area contributed by atoms with E-state index in [-0.39, 0.29) is 17.9 Å². The highest BCUT2D eigenvalue weighted by Crippen LogP contribution is 2.43. The molecule has 30 heavy (non-hydrogen) atoms. The lowest BCUT2D eigenvalue weighted by Crippen LogP contribution is -2.28. The molecule has 1 atom stereocenters. The number of carbonyl (C=O) groups excluding carboxylic acids is 2. The van der Waals surface area contributed by atoms with Gasteiger partial charge >= 0.3 is 0 Å². The number of aliphatic hydroxyl groups excluding tert-OH is 1. The van der Waals surface area contributed by atoms with Gasteiger partial charge in [-0.15, -0.1) is 11.3 Å². The van der Waals surface area contributed by atoms with Crippen molar-refractivity contribution in [2.24, 2.45) is 0 Å². The van der Waals surface area contributed by atoms with E-state index in [4.69, 9.17) is 13.9 Å². The highest BCUT2D eigenvalue weighted by atomic mass is 32.1. The molecular weight excluding hydrogens is 406 g/mol. The SMILES string of the molecule is O=C1C(=O)N(Cc2ccco2)[C@H](c2cccs2)C1=C(O)c1ccc2c(c1)OCCO2. The Morgan fingerprint density at radius 3 is 2.67 bits per heavy atom. The number of thiophene rings is 1. The lowest BCUT2D eigenvalue weighted by atomic mass is 9.99. The van der Waals surface area contributed by atoms with E-state index in [0.29, 0.717) is 36.0 Å². The maximum absolute atomic E-state index is 13.0. The third-order valence-corrected chi connectivity index (χ3v) is 6.00. The molecule has 1 amide bonds. The number of amides is 1. The van der Waals surface area contributed by atoms with Crippen molar-refractivity contribution in [1.29, 1.82) is 0 Å². The molecule has 2 aliphatic rings. The van der Waals surface area contributed by atoms with Crippen molar-refractivity contribution in [2.75, 3.05) is 13.2 Å². The van der Waals surface area contributed by atoms with Crippen LogP contribution in [0.15, 0.2) is 64.1 Å². The summed E-state index contributed by atoms with van der Waals surface area (Å²) in [6, 6.07) is 11.4. The number of hydrogen-bond donors (Lipinski definition) is 1. The van der Waals surface area contributed by atoms with Crippen molar-refractivity contribution in [3.63, 3.8) is 0 Å². The number of Topliss-reactive ketones (excluding diaryl/α,β-unsaturated/α-hetero) is 1. The average Bonchev–Trinajstić information content (AvgIpc) is 3.52. The molecule has 152 valence electrons. The molecule has 8 heteroatoms. The second kappa shape index (κ2) is 7.38. The van der Waals surface area contributed by atoms with Gasteiger partial charge in [-0.3, -0.25) is 9.59 Å². The van der Waals surface area contributed by atoms with Crippen LogP contribution in [-0.4, -0.2) is 34.9 Å². The van der Waals surface area contributed by atoms with Gasteiger partial charge in [0.2, 0.25) is 0 Å². The van der Waals surface area contributed by atoms with Crippen molar-refractivity contribution in [3.05, 3.63) is 75.9 Å². The van der Waals surface area contributed by atoms with Gasteiger partial charge in [-0.1, -0.05) is 6.07 Å². The first-order valence-corrected chi connectivity index (χ1v) is 10.3. The van der Waals surface area contributed by atoms with Gasteiger partial charge in [0.25, 0.3) is 11.7 Å². The summed E-state index contributed by atoms with van der Waals surface area (Å²) in [5.41, 5.74) is 0.433. The topological polar surface area (TPSA) is 89.2 Å². The number of benzene rings is 1. The van der Waals surface area contributed by atoms with Gasteiger partial charge in [0.05, 0.1) is 18.4 Å². The first-order valence-electron chi connectivity index (χ1n) is 9.37. The Kier molecular flexibility index (Phi) is 4.55. The number of likely N-dealkylation sites (tertiary alicyclic amines) is 1. The molecule has 0 radical (unpaired) electrons. The van der Waals surface area contributed by atoms with Crippen LogP contribution in [0.3, 0.4) is 0 Å². The molecule has 7 nitrogen and oxygen atoms in total. The summed E-state index contributed by atoms with van der Waals surface area (Å²) in [5, 5.41) is 13.0. The smallest absolute Gasteiger partial charge is 0.296 e. The fraction of sp³-hybridized carbons (Fsp3) is 0.182. The van der Waals surface area contributed by atoms with Crippen molar-refractivity contribution >= 4 is 28.8 Å². The first-order chi connectivity index (χ1) is 14.6. The predicted molar refractivity (Wildman–Crippen MR) is 108 cm³/mol. The van der Waals surface area contributed by atoms with E-state index >= 15 is 0 Å². The Balaban J connectivity index is 1.61. The van der Waals surface area contributed by atoms with Gasteiger partial charge in [0.15, 0.2) is 11.5 Å². The van der Waals surface area contributed by atoms with E-state index in [0.717, 1.165) is 4.88 Å². The van der Waals surface area contributed by atoms with Gasteiger partial charge in [-0.2, -0.15) is 0 Å². The minimum absolute atomic E-state index is 0.0469. The van der Waals surface area contributed by atoms with Crippen molar-refractivity contribution in [3.8, 4) is 11.5 Å². The van der Waals surface area contributed by atoms with Crippen LogP contribution >= 0.6 is 11.3 Å². The maximum Gasteiger partial charge on any atom is 0.296 e. The van der Waals surface area contributed by atoms with E-state index in [1.54, 1.807) is 30.3 Å². The van der Waals surface area contributed by atoms with Gasteiger partial charge in [0, 0.05) is 10.4 Å². The van der Waals surface area contributed by atoms with E-state index in [1.807, 2.05) is 17.5 Å². The van der Waals surface area contributed by atoms with Crippen molar-refractivity contribution < 1.29 is 28.6 Å². The number of rotatable bonds is 4. The largest absolute Gasteiger partial charge is 0.507 e. The van der Waals surface area contributed by atoms with E-state index in [1.165, 1.54) is 22.5 Å². The highest BCUT2D eigenvalue weighted by molar-refractivity contribution is 7.10. The predicted octanol–water partition coefficient (Wildman–Crippen LogP) is 3.73. The minimum atomic E-state index is -0.729. The van der Waals surface area contributed by atoms with Crippen LogP contribution in [-0.2, 0) is 16.1 Å². The molecule has 0 aliphatic carbocycles. The molecule has 4 heterocycles. The molecule has 1 fully saturated rings. The van der Waals surface area contributed by atoms with Crippen LogP contribution < -0.4 is 9.47 Å².